The number of nitrogens with zero attached hydrogens (tertiary/aromatic N) is 4. The number of H-pyrrole nitrogens is 1. The van der Waals surface area contributed by atoms with E-state index in [1.807, 2.05) is 12.3 Å². The molecule has 0 aliphatic carbocycles. The van der Waals surface area contributed by atoms with Gasteiger partial charge in [0.15, 0.2) is 11.4 Å². The van der Waals surface area contributed by atoms with Crippen LogP contribution in [0, 0.1) is 0 Å². The zero-order valence-corrected chi connectivity index (χ0v) is 20.4. The Morgan fingerprint density at radius 2 is 2.03 bits per heavy atom. The number of aromatic nitrogens is 4. The normalized spacial score (nSPS) is 18.1. The Balaban J connectivity index is 1.36. The van der Waals surface area contributed by atoms with Crippen molar-refractivity contribution in [3.63, 3.8) is 0 Å². The van der Waals surface area contributed by atoms with Gasteiger partial charge in [-0.05, 0) is 67.1 Å². The molecule has 0 amide bonds. The lowest BCUT2D eigenvalue weighted by atomic mass is 9.87. The lowest BCUT2D eigenvalue weighted by Crippen LogP contribution is -2.51. The number of piperidine rings is 1. The summed E-state index contributed by atoms with van der Waals surface area (Å²) in [5.74, 6) is 1.55. The molecule has 1 aromatic carbocycles. The topological polar surface area (TPSA) is 87.9 Å². The van der Waals surface area contributed by atoms with E-state index >= 15 is 0 Å². The van der Waals surface area contributed by atoms with Gasteiger partial charge >= 0.3 is 0 Å². The zero-order valence-electron chi connectivity index (χ0n) is 20.4. The van der Waals surface area contributed by atoms with Crippen LogP contribution in [0.1, 0.15) is 49.7 Å². The molecule has 0 saturated carbocycles. The van der Waals surface area contributed by atoms with Crippen LogP contribution in [0.5, 0.6) is 5.75 Å². The quantitative estimate of drug-likeness (QED) is 0.421. The molecular formula is C27H33N5O3. The molecule has 2 aliphatic heterocycles. The molecule has 8 nitrogen and oxygen atoms in total. The third kappa shape index (κ3) is 4.09. The summed E-state index contributed by atoms with van der Waals surface area (Å²) < 4.78 is 12.9. The highest BCUT2D eigenvalue weighted by atomic mass is 16.5. The van der Waals surface area contributed by atoms with Crippen LogP contribution in [-0.2, 0) is 4.74 Å². The molecule has 2 saturated heterocycles. The second kappa shape index (κ2) is 9.26. The van der Waals surface area contributed by atoms with Crippen molar-refractivity contribution in [1.82, 2.24) is 24.5 Å². The van der Waals surface area contributed by atoms with Crippen LogP contribution in [0.4, 0.5) is 0 Å². The molecule has 8 heteroatoms. The fraction of sp³-hybridized carbons (Fsp3) is 0.481. The highest BCUT2D eigenvalue weighted by molar-refractivity contribution is 5.92. The first-order chi connectivity index (χ1) is 17.1. The number of aliphatic hydroxyl groups excluding tert-OH is 1. The van der Waals surface area contributed by atoms with E-state index in [1.54, 1.807) is 4.52 Å². The molecule has 4 aromatic rings. The van der Waals surface area contributed by atoms with Crippen molar-refractivity contribution in [2.45, 2.75) is 44.6 Å². The summed E-state index contributed by atoms with van der Waals surface area (Å²) in [5.41, 5.74) is 6.61. The lowest BCUT2D eigenvalue weighted by molar-refractivity contribution is -0.0712. The summed E-state index contributed by atoms with van der Waals surface area (Å²) in [7, 11) is 0. The number of benzene rings is 1. The standard InChI is InChI=1S/C27H33N5O3/c1-17(2)25-22-11-19(18-5-7-31(8-6-18)21-14-34-15-21)3-4-23(22)30-26(25)20-12-24(35-10-9-33)27-28-16-29-32(27)13-20/h3-4,11-13,16-18,21,30,33H,5-10,14-15H2,1-2H3. The summed E-state index contributed by atoms with van der Waals surface area (Å²) in [5, 5.41) is 14.9. The number of fused-ring (bicyclic) bond motifs is 2. The number of ether oxygens (including phenoxy) is 2. The van der Waals surface area contributed by atoms with Crippen molar-refractivity contribution in [1.29, 1.82) is 0 Å². The number of rotatable bonds is 7. The molecule has 2 fully saturated rings. The Kier molecular flexibility index (Phi) is 5.96. The first-order valence-corrected chi connectivity index (χ1v) is 12.7. The molecule has 35 heavy (non-hydrogen) atoms. The van der Waals surface area contributed by atoms with Gasteiger partial charge in [-0.2, -0.15) is 5.10 Å². The minimum atomic E-state index is -0.0513. The van der Waals surface area contributed by atoms with Crippen LogP contribution in [0.15, 0.2) is 36.8 Å². The predicted molar refractivity (Wildman–Crippen MR) is 135 cm³/mol. The van der Waals surface area contributed by atoms with Gasteiger partial charge < -0.3 is 19.6 Å². The number of likely N-dealkylation sites (tertiary alicyclic amines) is 1. The van der Waals surface area contributed by atoms with E-state index in [2.05, 4.69) is 52.0 Å². The third-order valence-electron chi connectivity index (χ3n) is 7.56. The highest BCUT2D eigenvalue weighted by Crippen LogP contribution is 2.39. The van der Waals surface area contributed by atoms with Crippen molar-refractivity contribution >= 4 is 16.6 Å². The van der Waals surface area contributed by atoms with Crippen LogP contribution >= 0.6 is 0 Å². The van der Waals surface area contributed by atoms with Crippen LogP contribution in [-0.4, -0.2) is 75.1 Å². The van der Waals surface area contributed by atoms with E-state index in [0.717, 1.165) is 43.1 Å². The van der Waals surface area contributed by atoms with Gasteiger partial charge in [0.05, 0.1) is 31.6 Å². The minimum Gasteiger partial charge on any atom is -0.487 e. The molecule has 2 aliphatic rings. The molecule has 0 unspecified atom stereocenters. The largest absolute Gasteiger partial charge is 0.487 e. The summed E-state index contributed by atoms with van der Waals surface area (Å²) in [4.78, 5) is 10.6. The summed E-state index contributed by atoms with van der Waals surface area (Å²) in [6, 6.07) is 9.58. The van der Waals surface area contributed by atoms with Gasteiger partial charge in [-0.15, -0.1) is 0 Å². The number of pyridine rings is 1. The molecular weight excluding hydrogens is 442 g/mol. The van der Waals surface area contributed by atoms with Gasteiger partial charge in [0.25, 0.3) is 0 Å². The van der Waals surface area contributed by atoms with E-state index in [9.17, 15) is 5.11 Å². The molecule has 5 heterocycles. The maximum Gasteiger partial charge on any atom is 0.197 e. The molecule has 0 bridgehead atoms. The summed E-state index contributed by atoms with van der Waals surface area (Å²) in [6.07, 6.45) is 5.91. The summed E-state index contributed by atoms with van der Waals surface area (Å²) in [6.45, 7) is 8.75. The van der Waals surface area contributed by atoms with Crippen LogP contribution in [0.25, 0.3) is 27.8 Å². The molecule has 6 rings (SSSR count). The number of aliphatic hydroxyl groups is 1. The van der Waals surface area contributed by atoms with Gasteiger partial charge in [-0.1, -0.05) is 19.9 Å². The molecule has 0 radical (unpaired) electrons. The van der Waals surface area contributed by atoms with Crippen molar-refractivity contribution in [2.75, 3.05) is 39.5 Å². The molecule has 2 N–H and O–H groups in total. The third-order valence-corrected chi connectivity index (χ3v) is 7.56. The van der Waals surface area contributed by atoms with E-state index in [0.29, 0.717) is 29.3 Å². The number of aromatic amines is 1. The monoisotopic (exact) mass is 475 g/mol. The smallest absolute Gasteiger partial charge is 0.197 e. The Morgan fingerprint density at radius 1 is 1.20 bits per heavy atom. The molecule has 184 valence electrons. The maximum absolute atomic E-state index is 9.26. The average Bonchev–Trinajstić information content (AvgIpc) is 3.46. The van der Waals surface area contributed by atoms with E-state index in [4.69, 9.17) is 9.47 Å². The van der Waals surface area contributed by atoms with Gasteiger partial charge in [0.1, 0.15) is 12.9 Å². The van der Waals surface area contributed by atoms with E-state index in [1.165, 1.54) is 35.7 Å². The minimum absolute atomic E-state index is 0.0513. The fourth-order valence-corrected chi connectivity index (χ4v) is 5.64. The first-order valence-electron chi connectivity index (χ1n) is 12.7. The van der Waals surface area contributed by atoms with Crippen molar-refractivity contribution in [2.24, 2.45) is 0 Å². The summed E-state index contributed by atoms with van der Waals surface area (Å²) >= 11 is 0. The fourth-order valence-electron chi connectivity index (χ4n) is 5.64. The second-order valence-electron chi connectivity index (χ2n) is 10.1. The van der Waals surface area contributed by atoms with Crippen LogP contribution < -0.4 is 4.74 Å². The van der Waals surface area contributed by atoms with Crippen LogP contribution in [0.3, 0.4) is 0 Å². The first kappa shape index (κ1) is 22.5. The number of hydrogen-bond donors (Lipinski definition) is 2. The Morgan fingerprint density at radius 3 is 2.74 bits per heavy atom. The number of hydrogen-bond acceptors (Lipinski definition) is 6. The molecule has 3 aromatic heterocycles. The van der Waals surface area contributed by atoms with Crippen molar-refractivity contribution in [3.8, 4) is 17.0 Å². The molecule has 0 atom stereocenters. The average molecular weight is 476 g/mol. The van der Waals surface area contributed by atoms with Crippen LogP contribution in [0.2, 0.25) is 0 Å². The van der Waals surface area contributed by atoms with E-state index in [-0.39, 0.29) is 13.2 Å². The van der Waals surface area contributed by atoms with Crippen molar-refractivity contribution in [3.05, 3.63) is 47.9 Å². The second-order valence-corrected chi connectivity index (χ2v) is 10.1. The number of nitrogens with one attached hydrogen (secondary N) is 1. The van der Waals surface area contributed by atoms with Gasteiger partial charge in [0, 0.05) is 22.7 Å². The van der Waals surface area contributed by atoms with Gasteiger partial charge in [-0.25, -0.2) is 9.50 Å². The lowest BCUT2D eigenvalue weighted by Gasteiger charge is -2.41. The zero-order chi connectivity index (χ0) is 23.9. The van der Waals surface area contributed by atoms with Gasteiger partial charge in [-0.3, -0.25) is 4.90 Å². The molecule has 0 spiro atoms. The highest BCUT2D eigenvalue weighted by Gasteiger charge is 2.30. The maximum atomic E-state index is 9.26. The SMILES string of the molecule is CC(C)c1c(-c2cc(OCCO)c3ncnn3c2)[nH]c2ccc(C3CCN(C4COC4)CC3)cc12. The Labute approximate surface area is 204 Å². The van der Waals surface area contributed by atoms with Gasteiger partial charge in [0.2, 0.25) is 0 Å². The van der Waals surface area contributed by atoms with Crippen molar-refractivity contribution < 1.29 is 14.6 Å². The predicted octanol–water partition coefficient (Wildman–Crippen LogP) is 3.95. The Bertz CT molecular complexity index is 1330. The Hall–Kier alpha value is -2.94. The van der Waals surface area contributed by atoms with E-state index < -0.39 is 0 Å².